The highest BCUT2D eigenvalue weighted by Gasteiger charge is 2.11. The number of esters is 1. The van der Waals surface area contributed by atoms with Gasteiger partial charge in [0.2, 0.25) is 0 Å². The first-order valence-corrected chi connectivity index (χ1v) is 4.73. The molecule has 1 aromatic rings. The fraction of sp³-hybridized carbons (Fsp3) is 0.0833. The summed E-state index contributed by atoms with van der Waals surface area (Å²) in [5.74, 6) is -2.19. The Balaban J connectivity index is 3.00. The van der Waals surface area contributed by atoms with Crippen LogP contribution in [0.5, 0.6) is 5.75 Å². The molecule has 5 nitrogen and oxygen atoms in total. The van der Waals surface area contributed by atoms with Crippen LogP contribution in [0, 0.1) is 0 Å². The van der Waals surface area contributed by atoms with E-state index in [1.165, 1.54) is 19.1 Å². The van der Waals surface area contributed by atoms with Gasteiger partial charge in [-0.2, -0.15) is 0 Å². The lowest BCUT2D eigenvalue weighted by Crippen LogP contribution is -2.06. The molecule has 0 aliphatic rings. The lowest BCUT2D eigenvalue weighted by Gasteiger charge is -2.05. The SMILES string of the molecule is CC(=O)Oc1ccccc1C(=O)/C=C/C(=O)O. The van der Waals surface area contributed by atoms with Crippen molar-refractivity contribution in [2.45, 2.75) is 6.92 Å². The Hall–Kier alpha value is -2.43. The van der Waals surface area contributed by atoms with Crippen molar-refractivity contribution in [3.05, 3.63) is 42.0 Å². The van der Waals surface area contributed by atoms with Gasteiger partial charge in [0.05, 0.1) is 5.56 Å². The van der Waals surface area contributed by atoms with Crippen molar-refractivity contribution < 1.29 is 24.2 Å². The van der Waals surface area contributed by atoms with Crippen molar-refractivity contribution in [2.75, 3.05) is 0 Å². The molecule has 0 heterocycles. The molecule has 0 radical (unpaired) electrons. The summed E-state index contributed by atoms with van der Waals surface area (Å²) in [5, 5.41) is 8.40. The average molecular weight is 234 g/mol. The molecule has 0 saturated heterocycles. The molecule has 0 saturated carbocycles. The van der Waals surface area contributed by atoms with E-state index in [9.17, 15) is 14.4 Å². The molecule has 1 aromatic carbocycles. The molecule has 0 bridgehead atoms. The fourth-order valence-electron chi connectivity index (χ4n) is 1.15. The molecule has 0 amide bonds. The summed E-state index contributed by atoms with van der Waals surface area (Å²) in [6.07, 6.45) is 1.64. The topological polar surface area (TPSA) is 80.7 Å². The summed E-state index contributed by atoms with van der Waals surface area (Å²) in [5.41, 5.74) is 0.139. The second-order valence-electron chi connectivity index (χ2n) is 3.13. The number of carboxylic acids is 1. The molecule has 0 unspecified atom stereocenters. The highest BCUT2D eigenvalue weighted by atomic mass is 16.5. The smallest absolute Gasteiger partial charge is 0.328 e. The van der Waals surface area contributed by atoms with Gasteiger partial charge in [0.1, 0.15) is 5.75 Å². The zero-order valence-electron chi connectivity index (χ0n) is 9.04. The third kappa shape index (κ3) is 3.90. The lowest BCUT2D eigenvalue weighted by molar-refractivity contribution is -0.132. The van der Waals surface area contributed by atoms with Gasteiger partial charge in [0, 0.05) is 13.0 Å². The van der Waals surface area contributed by atoms with Crippen molar-refractivity contribution in [1.82, 2.24) is 0 Å². The van der Waals surface area contributed by atoms with Crippen LogP contribution in [0.25, 0.3) is 0 Å². The van der Waals surface area contributed by atoms with Crippen LogP contribution in [0.4, 0.5) is 0 Å². The third-order valence-electron chi connectivity index (χ3n) is 1.78. The molecule has 0 aliphatic carbocycles. The summed E-state index contributed by atoms with van der Waals surface area (Å²) >= 11 is 0. The number of ether oxygens (including phenoxy) is 1. The maximum absolute atomic E-state index is 11.6. The summed E-state index contributed by atoms with van der Waals surface area (Å²) in [6, 6.07) is 6.11. The zero-order valence-corrected chi connectivity index (χ0v) is 9.04. The van der Waals surface area contributed by atoms with Gasteiger partial charge >= 0.3 is 11.9 Å². The van der Waals surface area contributed by atoms with Gasteiger partial charge in [-0.05, 0) is 18.2 Å². The molecule has 0 spiro atoms. The number of carbonyl (C=O) groups is 3. The van der Waals surface area contributed by atoms with Crippen molar-refractivity contribution in [2.24, 2.45) is 0 Å². The lowest BCUT2D eigenvalue weighted by atomic mass is 10.1. The van der Waals surface area contributed by atoms with Crippen LogP contribution in [0.15, 0.2) is 36.4 Å². The summed E-state index contributed by atoms with van der Waals surface area (Å²) < 4.78 is 4.83. The van der Waals surface area contributed by atoms with E-state index in [4.69, 9.17) is 9.84 Å². The Bertz CT molecular complexity index is 487. The van der Waals surface area contributed by atoms with E-state index in [1.807, 2.05) is 0 Å². The Kier molecular flexibility index (Phi) is 4.16. The van der Waals surface area contributed by atoms with Crippen molar-refractivity contribution >= 4 is 17.7 Å². The van der Waals surface area contributed by atoms with Crippen LogP contribution in [0.3, 0.4) is 0 Å². The highest BCUT2D eigenvalue weighted by molar-refractivity contribution is 6.08. The number of hydrogen-bond donors (Lipinski definition) is 1. The molecular formula is C12H10O5. The Morgan fingerprint density at radius 1 is 1.18 bits per heavy atom. The van der Waals surface area contributed by atoms with E-state index in [0.29, 0.717) is 0 Å². The number of allylic oxidation sites excluding steroid dienone is 1. The molecule has 1 N–H and O–H groups in total. The first kappa shape index (κ1) is 12.6. The van der Waals surface area contributed by atoms with Gasteiger partial charge in [-0.3, -0.25) is 9.59 Å². The van der Waals surface area contributed by atoms with Gasteiger partial charge in [-0.25, -0.2) is 4.79 Å². The first-order chi connectivity index (χ1) is 8.00. The van der Waals surface area contributed by atoms with Crippen LogP contribution >= 0.6 is 0 Å². The molecule has 17 heavy (non-hydrogen) atoms. The maximum atomic E-state index is 11.6. The molecule has 88 valence electrons. The number of rotatable bonds is 4. The normalized spacial score (nSPS) is 10.2. The predicted molar refractivity (Wildman–Crippen MR) is 58.9 cm³/mol. The van der Waals surface area contributed by atoms with Gasteiger partial charge in [-0.15, -0.1) is 0 Å². The molecule has 0 fully saturated rings. The molecule has 1 rings (SSSR count). The number of ketones is 1. The second-order valence-corrected chi connectivity index (χ2v) is 3.13. The number of benzene rings is 1. The van der Waals surface area contributed by atoms with Crippen molar-refractivity contribution in [1.29, 1.82) is 0 Å². The van der Waals surface area contributed by atoms with Crippen molar-refractivity contribution in [3.63, 3.8) is 0 Å². The van der Waals surface area contributed by atoms with Gasteiger partial charge in [0.25, 0.3) is 0 Å². The van der Waals surface area contributed by atoms with Crippen LogP contribution < -0.4 is 4.74 Å². The van der Waals surface area contributed by atoms with Crippen LogP contribution in [-0.4, -0.2) is 22.8 Å². The van der Waals surface area contributed by atoms with Crippen LogP contribution in [-0.2, 0) is 9.59 Å². The highest BCUT2D eigenvalue weighted by Crippen LogP contribution is 2.19. The predicted octanol–water partition coefficient (Wildman–Crippen LogP) is 1.44. The monoisotopic (exact) mass is 234 g/mol. The van der Waals surface area contributed by atoms with E-state index in [1.54, 1.807) is 12.1 Å². The minimum atomic E-state index is -1.22. The van der Waals surface area contributed by atoms with E-state index >= 15 is 0 Å². The number of aliphatic carboxylic acids is 1. The maximum Gasteiger partial charge on any atom is 0.328 e. The molecule has 0 aromatic heterocycles. The fourth-order valence-corrected chi connectivity index (χ4v) is 1.15. The number of carbonyl (C=O) groups excluding carboxylic acids is 2. The molecule has 0 atom stereocenters. The zero-order chi connectivity index (χ0) is 12.8. The number of hydrogen-bond acceptors (Lipinski definition) is 4. The molecular weight excluding hydrogens is 224 g/mol. The number of carboxylic acid groups (broad SMARTS) is 1. The number of para-hydroxylation sites is 1. The van der Waals surface area contributed by atoms with E-state index in [-0.39, 0.29) is 11.3 Å². The summed E-state index contributed by atoms with van der Waals surface area (Å²) in [7, 11) is 0. The Morgan fingerprint density at radius 3 is 2.41 bits per heavy atom. The minimum Gasteiger partial charge on any atom is -0.478 e. The van der Waals surface area contributed by atoms with E-state index in [0.717, 1.165) is 12.2 Å². The van der Waals surface area contributed by atoms with E-state index in [2.05, 4.69) is 0 Å². The van der Waals surface area contributed by atoms with Gasteiger partial charge in [0.15, 0.2) is 5.78 Å². The summed E-state index contributed by atoms with van der Waals surface area (Å²) in [6.45, 7) is 1.22. The minimum absolute atomic E-state index is 0.111. The standard InChI is InChI=1S/C12H10O5/c1-8(13)17-11-5-3-2-4-9(11)10(14)6-7-12(15)16/h2-7H,1H3,(H,15,16)/b7-6+. The average Bonchev–Trinajstić information content (AvgIpc) is 2.25. The molecule has 5 heteroatoms. The Morgan fingerprint density at radius 2 is 1.82 bits per heavy atom. The largest absolute Gasteiger partial charge is 0.478 e. The van der Waals surface area contributed by atoms with E-state index < -0.39 is 17.7 Å². The Labute approximate surface area is 97.3 Å². The van der Waals surface area contributed by atoms with Gasteiger partial charge < -0.3 is 9.84 Å². The van der Waals surface area contributed by atoms with Crippen LogP contribution in [0.1, 0.15) is 17.3 Å². The second kappa shape index (κ2) is 5.60. The van der Waals surface area contributed by atoms with Gasteiger partial charge in [-0.1, -0.05) is 12.1 Å². The first-order valence-electron chi connectivity index (χ1n) is 4.73. The third-order valence-corrected chi connectivity index (χ3v) is 1.78. The van der Waals surface area contributed by atoms with Crippen molar-refractivity contribution in [3.8, 4) is 5.75 Å². The molecule has 0 aliphatic heterocycles. The summed E-state index contributed by atoms with van der Waals surface area (Å²) in [4.78, 5) is 32.7. The quantitative estimate of drug-likeness (QED) is 0.369. The van der Waals surface area contributed by atoms with Crippen LogP contribution in [0.2, 0.25) is 0 Å².